The average Bonchev–Trinajstić information content (AvgIpc) is 2.86. The first-order valence-electron chi connectivity index (χ1n) is 12.1. The molecule has 7 heteroatoms. The second-order valence-corrected chi connectivity index (χ2v) is 9.24. The van der Waals surface area contributed by atoms with Crippen LogP contribution in [0.2, 0.25) is 0 Å². The molecule has 2 unspecified atom stereocenters. The molecule has 0 saturated heterocycles. The lowest BCUT2D eigenvalue weighted by atomic mass is 9.84. The van der Waals surface area contributed by atoms with Crippen molar-refractivity contribution in [3.05, 3.63) is 105 Å². The van der Waals surface area contributed by atoms with E-state index in [9.17, 15) is 18.5 Å². The largest absolute Gasteiger partial charge is 0.349 e. The van der Waals surface area contributed by atoms with Crippen molar-refractivity contribution < 1.29 is 13.6 Å². The van der Waals surface area contributed by atoms with E-state index in [0.717, 1.165) is 37.4 Å². The summed E-state index contributed by atoms with van der Waals surface area (Å²) in [5, 5.41) is 6.41. The number of halogens is 2. The summed E-state index contributed by atoms with van der Waals surface area (Å²) < 4.78 is 28.5. The molecule has 2 aromatic carbocycles. The highest BCUT2D eigenvalue weighted by molar-refractivity contribution is 5.94. The smallest absolute Gasteiger partial charge is 0.251 e. The second kappa shape index (κ2) is 11.3. The highest BCUT2D eigenvalue weighted by Crippen LogP contribution is 2.37. The third-order valence-corrected chi connectivity index (χ3v) is 6.75. The minimum atomic E-state index is -0.750. The summed E-state index contributed by atoms with van der Waals surface area (Å²) >= 11 is 0. The van der Waals surface area contributed by atoms with Gasteiger partial charge in [0.25, 0.3) is 5.91 Å². The van der Waals surface area contributed by atoms with Crippen molar-refractivity contribution in [2.75, 3.05) is 0 Å². The normalized spacial score (nSPS) is 15.9. The third kappa shape index (κ3) is 6.15. The molecule has 1 heterocycles. The quantitative estimate of drug-likeness (QED) is 0.364. The van der Waals surface area contributed by atoms with Gasteiger partial charge in [-0.05, 0) is 73.2 Å². The predicted octanol–water partition coefficient (Wildman–Crippen LogP) is 6.76. The van der Waals surface area contributed by atoms with Gasteiger partial charge < -0.3 is 5.32 Å². The van der Waals surface area contributed by atoms with Crippen LogP contribution >= 0.6 is 0 Å². The van der Waals surface area contributed by atoms with Crippen molar-refractivity contribution in [3.8, 4) is 0 Å². The van der Waals surface area contributed by atoms with E-state index in [0.29, 0.717) is 16.7 Å². The van der Waals surface area contributed by atoms with Crippen LogP contribution in [-0.4, -0.2) is 16.9 Å². The minimum Gasteiger partial charge on any atom is -0.349 e. The first-order valence-corrected chi connectivity index (χ1v) is 12.1. The second-order valence-electron chi connectivity index (χ2n) is 9.24. The average molecular weight is 478 g/mol. The molecule has 3 aromatic rings. The van der Waals surface area contributed by atoms with E-state index in [1.807, 2.05) is 6.92 Å². The zero-order valence-electron chi connectivity index (χ0n) is 19.7. The Labute approximate surface area is 204 Å². The number of hydrogen-bond acceptors (Lipinski definition) is 4. The molecule has 0 aliphatic heterocycles. The lowest BCUT2D eigenvalue weighted by Gasteiger charge is -2.23. The summed E-state index contributed by atoms with van der Waals surface area (Å²) in [7, 11) is 0. The van der Waals surface area contributed by atoms with E-state index in [4.69, 9.17) is 0 Å². The van der Waals surface area contributed by atoms with Gasteiger partial charge in [-0.25, -0.2) is 8.78 Å². The number of nitrogens with zero attached hydrogens (tertiary/aromatic N) is 2. The van der Waals surface area contributed by atoms with Crippen molar-refractivity contribution in [2.45, 2.75) is 63.5 Å². The number of carbonyl (C=O) groups is 1. The van der Waals surface area contributed by atoms with Crippen LogP contribution in [0.4, 0.5) is 8.78 Å². The number of rotatable bonds is 8. The lowest BCUT2D eigenvalue weighted by Crippen LogP contribution is -2.36. The van der Waals surface area contributed by atoms with Crippen molar-refractivity contribution in [2.24, 2.45) is 5.18 Å². The van der Waals surface area contributed by atoms with Gasteiger partial charge in [0.05, 0.1) is 0 Å². The number of aryl methyl sites for hydroxylation is 1. The fourth-order valence-corrected chi connectivity index (χ4v) is 4.85. The van der Waals surface area contributed by atoms with E-state index in [1.165, 1.54) is 18.6 Å². The summed E-state index contributed by atoms with van der Waals surface area (Å²) in [6, 6.07) is 13.3. The van der Waals surface area contributed by atoms with Crippen LogP contribution < -0.4 is 5.32 Å². The van der Waals surface area contributed by atoms with Crippen LogP contribution in [0.15, 0.2) is 66.0 Å². The molecule has 5 nitrogen and oxygen atoms in total. The maximum atomic E-state index is 14.9. The molecular weight excluding hydrogens is 448 g/mol. The van der Waals surface area contributed by atoms with Gasteiger partial charge in [0, 0.05) is 35.5 Å². The molecule has 1 N–H and O–H groups in total. The topological polar surface area (TPSA) is 71.4 Å². The summed E-state index contributed by atoms with van der Waals surface area (Å²) in [4.78, 5) is 28.7. The lowest BCUT2D eigenvalue weighted by molar-refractivity contribution is 0.0927. The number of carbonyl (C=O) groups excluding carboxylic acids is 1. The van der Waals surface area contributed by atoms with Crippen molar-refractivity contribution >= 4 is 5.91 Å². The van der Waals surface area contributed by atoms with E-state index in [-0.39, 0.29) is 23.9 Å². The Balaban J connectivity index is 1.61. The number of nitrogens with one attached hydrogen (secondary N) is 1. The van der Waals surface area contributed by atoms with Gasteiger partial charge in [-0.2, -0.15) is 4.91 Å². The van der Waals surface area contributed by atoms with Crippen LogP contribution in [0.3, 0.4) is 0 Å². The summed E-state index contributed by atoms with van der Waals surface area (Å²) in [6.45, 7) is 1.82. The number of nitroso groups, excluding NO2 is 1. The first kappa shape index (κ1) is 24.6. The summed E-state index contributed by atoms with van der Waals surface area (Å²) in [5.74, 6) is -2.06. The van der Waals surface area contributed by atoms with Crippen LogP contribution in [0.25, 0.3) is 0 Å². The van der Waals surface area contributed by atoms with E-state index < -0.39 is 23.6 Å². The molecule has 4 rings (SSSR count). The fourth-order valence-electron chi connectivity index (χ4n) is 4.85. The molecule has 1 saturated carbocycles. The molecule has 0 radical (unpaired) electrons. The molecule has 35 heavy (non-hydrogen) atoms. The number of aromatic nitrogens is 1. The minimum absolute atomic E-state index is 0.132. The number of hydrogen-bond donors (Lipinski definition) is 1. The zero-order valence-corrected chi connectivity index (χ0v) is 19.7. The van der Waals surface area contributed by atoms with Crippen LogP contribution in [0, 0.1) is 23.5 Å². The third-order valence-electron chi connectivity index (χ3n) is 6.75. The molecule has 1 aromatic heterocycles. The standard InChI is InChI=1S/C28H29F2N3O2/c1-18-15-21(13-14-31-18)27(33-35)17-25(24-12-11-22(29)16-26(24)30)19-7-9-20(10-8-19)28(34)32-23-5-3-2-4-6-23/h7-16,23,25,27H,2-6,17H2,1H3,(H,32,34). The molecule has 0 spiro atoms. The Hall–Kier alpha value is -3.48. The van der Waals surface area contributed by atoms with Crippen molar-refractivity contribution in [3.63, 3.8) is 0 Å². The van der Waals surface area contributed by atoms with E-state index >= 15 is 0 Å². The Morgan fingerprint density at radius 3 is 2.43 bits per heavy atom. The van der Waals surface area contributed by atoms with Gasteiger partial charge in [0.1, 0.15) is 17.7 Å². The monoisotopic (exact) mass is 477 g/mol. The Bertz CT molecular complexity index is 1180. The summed E-state index contributed by atoms with van der Waals surface area (Å²) in [6.07, 6.45) is 7.22. The molecule has 0 bridgehead atoms. The number of amides is 1. The highest BCUT2D eigenvalue weighted by Gasteiger charge is 2.25. The molecule has 2 atom stereocenters. The molecule has 1 fully saturated rings. The number of pyridine rings is 1. The molecule has 1 amide bonds. The fraction of sp³-hybridized carbons (Fsp3) is 0.357. The van der Waals surface area contributed by atoms with E-state index in [1.54, 1.807) is 42.6 Å². The van der Waals surface area contributed by atoms with Crippen LogP contribution in [0.1, 0.15) is 83.2 Å². The maximum absolute atomic E-state index is 14.9. The SMILES string of the molecule is Cc1cc(C(CC(c2ccc(C(=O)NC3CCCCC3)cc2)c2ccc(F)cc2F)N=O)ccn1. The van der Waals surface area contributed by atoms with Gasteiger partial charge >= 0.3 is 0 Å². The first-order chi connectivity index (χ1) is 16.9. The predicted molar refractivity (Wildman–Crippen MR) is 131 cm³/mol. The van der Waals surface area contributed by atoms with Gasteiger partial charge in [0.15, 0.2) is 0 Å². The molecular formula is C28H29F2N3O2. The van der Waals surface area contributed by atoms with Crippen LogP contribution in [-0.2, 0) is 0 Å². The number of benzene rings is 2. The summed E-state index contributed by atoms with van der Waals surface area (Å²) in [5.41, 5.74) is 2.93. The molecule has 1 aliphatic rings. The van der Waals surface area contributed by atoms with Crippen LogP contribution in [0.5, 0.6) is 0 Å². The zero-order chi connectivity index (χ0) is 24.8. The molecule has 1 aliphatic carbocycles. The van der Waals surface area contributed by atoms with Crippen molar-refractivity contribution in [1.29, 1.82) is 0 Å². The van der Waals surface area contributed by atoms with E-state index in [2.05, 4.69) is 15.5 Å². The Morgan fingerprint density at radius 1 is 1.03 bits per heavy atom. The molecule has 182 valence electrons. The van der Waals surface area contributed by atoms with Crippen molar-refractivity contribution in [1.82, 2.24) is 10.3 Å². The van der Waals surface area contributed by atoms with Gasteiger partial charge in [0.2, 0.25) is 0 Å². The maximum Gasteiger partial charge on any atom is 0.251 e. The Morgan fingerprint density at radius 2 is 1.77 bits per heavy atom. The van der Waals surface area contributed by atoms with Gasteiger partial charge in [-0.15, -0.1) is 0 Å². The van der Waals surface area contributed by atoms with Gasteiger partial charge in [-0.3, -0.25) is 9.78 Å². The van der Waals surface area contributed by atoms with Gasteiger partial charge in [-0.1, -0.05) is 42.6 Å². The highest BCUT2D eigenvalue weighted by atomic mass is 19.1. The Kier molecular flexibility index (Phi) is 7.95.